The van der Waals surface area contributed by atoms with E-state index in [2.05, 4.69) is 48.6 Å². The number of alkyl halides is 3. The summed E-state index contributed by atoms with van der Waals surface area (Å²) in [6, 6.07) is 11.6. The van der Waals surface area contributed by atoms with Gasteiger partial charge in [-0.15, -0.1) is 0 Å². The lowest BCUT2D eigenvalue weighted by molar-refractivity contribution is -0.137. The van der Waals surface area contributed by atoms with E-state index in [1.54, 1.807) is 24.1 Å². The fraction of sp³-hybridized carbons (Fsp3) is 0.500. The molecule has 222 valence electrons. The third kappa shape index (κ3) is 6.66. The Kier molecular flexibility index (Phi) is 8.67. The van der Waals surface area contributed by atoms with E-state index in [1.807, 2.05) is 17.0 Å². The van der Waals surface area contributed by atoms with Crippen LogP contribution in [0.1, 0.15) is 67.9 Å². The van der Waals surface area contributed by atoms with Crippen LogP contribution in [0.2, 0.25) is 0 Å². The summed E-state index contributed by atoms with van der Waals surface area (Å²) in [5.74, 6) is 0.213. The van der Waals surface area contributed by atoms with Gasteiger partial charge < -0.3 is 10.2 Å². The molecular formula is C30H39F3N6O2. The number of carbonyl (C=O) groups excluding carboxylic acids is 2. The maximum Gasteiger partial charge on any atom is 0.416 e. The molecule has 3 N–H and O–H groups in total. The third-order valence-electron chi connectivity index (χ3n) is 8.48. The first-order valence-corrected chi connectivity index (χ1v) is 13.8. The molecular weight excluding hydrogens is 533 g/mol. The standard InChI is InChI=1S/C30H39F3N6O2/c1-28(2,3)22-14-16-29(17-15-22)19-38(24-12-10-23(11-13-24)30(31,32)33)27(41)39(29)18-20-6-8-21(9-7-20)25(40)36-26(34-4)37-35-5/h6-13,22,26,34,37H,5,14-19H2,1-4H3,(H,36,40). The molecule has 0 radical (unpaired) electrons. The highest BCUT2D eigenvalue weighted by molar-refractivity contribution is 5.96. The Labute approximate surface area is 239 Å². The van der Waals surface area contributed by atoms with E-state index in [0.717, 1.165) is 43.4 Å². The second-order valence-electron chi connectivity index (χ2n) is 12.0. The highest BCUT2D eigenvalue weighted by atomic mass is 19.4. The third-order valence-corrected chi connectivity index (χ3v) is 8.48. The van der Waals surface area contributed by atoms with Crippen molar-refractivity contribution in [1.29, 1.82) is 0 Å². The fourth-order valence-electron chi connectivity index (χ4n) is 5.93. The Balaban J connectivity index is 1.56. The highest BCUT2D eigenvalue weighted by Crippen LogP contribution is 2.47. The van der Waals surface area contributed by atoms with Gasteiger partial charge in [-0.1, -0.05) is 32.9 Å². The molecule has 1 saturated carbocycles. The lowest BCUT2D eigenvalue weighted by Gasteiger charge is -2.45. The molecule has 1 atom stereocenters. The Bertz CT molecular complexity index is 1230. The highest BCUT2D eigenvalue weighted by Gasteiger charge is 2.52. The molecule has 0 aromatic heterocycles. The van der Waals surface area contributed by atoms with Crippen LogP contribution in [0.3, 0.4) is 0 Å². The predicted octanol–water partition coefficient (Wildman–Crippen LogP) is 5.56. The number of benzene rings is 2. The molecule has 41 heavy (non-hydrogen) atoms. The van der Waals surface area contributed by atoms with Gasteiger partial charge in [0.05, 0.1) is 17.6 Å². The fourth-order valence-corrected chi connectivity index (χ4v) is 5.93. The van der Waals surface area contributed by atoms with Gasteiger partial charge in [0.2, 0.25) is 0 Å². The van der Waals surface area contributed by atoms with Gasteiger partial charge in [0.15, 0.2) is 6.29 Å². The molecule has 2 aromatic rings. The summed E-state index contributed by atoms with van der Waals surface area (Å²) in [7, 11) is 1.66. The maximum absolute atomic E-state index is 13.9. The van der Waals surface area contributed by atoms with E-state index in [0.29, 0.717) is 30.3 Å². The van der Waals surface area contributed by atoms with Gasteiger partial charge in [-0.05, 0) is 86.0 Å². The van der Waals surface area contributed by atoms with Gasteiger partial charge in [-0.2, -0.15) is 18.3 Å². The first-order chi connectivity index (χ1) is 19.3. The number of hydrogen-bond donors (Lipinski definition) is 3. The van der Waals surface area contributed by atoms with Crippen LogP contribution in [0.15, 0.2) is 53.6 Å². The average Bonchev–Trinajstić information content (AvgIpc) is 3.18. The number of hydrazone groups is 1. The van der Waals surface area contributed by atoms with Gasteiger partial charge >= 0.3 is 12.2 Å². The Morgan fingerprint density at radius 1 is 1.07 bits per heavy atom. The number of rotatable bonds is 8. The van der Waals surface area contributed by atoms with Crippen LogP contribution in [-0.4, -0.2) is 49.0 Å². The first kappa shape index (κ1) is 30.4. The van der Waals surface area contributed by atoms with Gasteiger partial charge in [-0.3, -0.25) is 20.4 Å². The number of nitrogens with one attached hydrogen (secondary N) is 3. The van der Waals surface area contributed by atoms with Crippen molar-refractivity contribution in [3.63, 3.8) is 0 Å². The second-order valence-corrected chi connectivity index (χ2v) is 12.0. The van der Waals surface area contributed by atoms with Crippen LogP contribution in [0.5, 0.6) is 0 Å². The van der Waals surface area contributed by atoms with Crippen LogP contribution in [0, 0.1) is 11.3 Å². The number of urea groups is 1. The first-order valence-electron chi connectivity index (χ1n) is 13.8. The smallest absolute Gasteiger partial charge is 0.318 e. The molecule has 2 aliphatic rings. The second kappa shape index (κ2) is 11.7. The minimum Gasteiger partial charge on any atom is -0.318 e. The number of hydrogen-bond acceptors (Lipinski definition) is 5. The van der Waals surface area contributed by atoms with Crippen LogP contribution < -0.4 is 21.0 Å². The monoisotopic (exact) mass is 572 g/mol. The largest absolute Gasteiger partial charge is 0.416 e. The molecule has 2 fully saturated rings. The molecule has 1 saturated heterocycles. The molecule has 1 heterocycles. The minimum atomic E-state index is -4.44. The molecule has 11 heteroatoms. The zero-order valence-corrected chi connectivity index (χ0v) is 24.0. The van der Waals surface area contributed by atoms with Gasteiger partial charge in [0.1, 0.15) is 0 Å². The van der Waals surface area contributed by atoms with E-state index >= 15 is 0 Å². The number of nitrogens with zero attached hydrogens (tertiary/aromatic N) is 3. The van der Waals surface area contributed by atoms with Crippen molar-refractivity contribution in [3.05, 3.63) is 65.2 Å². The summed E-state index contributed by atoms with van der Waals surface area (Å²) in [4.78, 5) is 30.0. The molecule has 1 spiro atoms. The topological polar surface area (TPSA) is 89.1 Å². The van der Waals surface area contributed by atoms with E-state index in [4.69, 9.17) is 0 Å². The normalized spacial score (nSPS) is 22.1. The lowest BCUT2D eigenvalue weighted by Crippen LogP contribution is -2.51. The molecule has 0 bridgehead atoms. The molecule has 8 nitrogen and oxygen atoms in total. The maximum atomic E-state index is 13.9. The van der Waals surface area contributed by atoms with Crippen molar-refractivity contribution in [2.24, 2.45) is 16.4 Å². The number of halogens is 3. The van der Waals surface area contributed by atoms with Crippen LogP contribution in [-0.2, 0) is 12.7 Å². The van der Waals surface area contributed by atoms with Crippen LogP contribution >= 0.6 is 0 Å². The van der Waals surface area contributed by atoms with Crippen molar-refractivity contribution in [3.8, 4) is 0 Å². The van der Waals surface area contributed by atoms with Crippen LogP contribution in [0.25, 0.3) is 0 Å². The number of carbonyl (C=O) groups is 2. The SMILES string of the molecule is C=NNC(NC)NC(=O)c1ccc(CN2C(=O)N(c3ccc(C(F)(F)F)cc3)CC23CCC(C(C)(C)C)CC3)cc1. The lowest BCUT2D eigenvalue weighted by atomic mass is 9.67. The minimum absolute atomic E-state index is 0.155. The summed E-state index contributed by atoms with van der Waals surface area (Å²) >= 11 is 0. The summed E-state index contributed by atoms with van der Waals surface area (Å²) in [5.41, 5.74) is 3.38. The van der Waals surface area contributed by atoms with Crippen molar-refractivity contribution in [2.75, 3.05) is 18.5 Å². The summed E-state index contributed by atoms with van der Waals surface area (Å²) in [5, 5.41) is 9.17. The number of anilines is 1. The Morgan fingerprint density at radius 2 is 1.68 bits per heavy atom. The van der Waals surface area contributed by atoms with Crippen molar-refractivity contribution in [2.45, 2.75) is 71.0 Å². The van der Waals surface area contributed by atoms with Crippen molar-refractivity contribution in [1.82, 2.24) is 21.0 Å². The van der Waals surface area contributed by atoms with E-state index < -0.39 is 23.6 Å². The van der Waals surface area contributed by atoms with E-state index in [9.17, 15) is 22.8 Å². The van der Waals surface area contributed by atoms with E-state index in [-0.39, 0.29) is 17.4 Å². The average molecular weight is 573 g/mol. The van der Waals surface area contributed by atoms with Crippen molar-refractivity contribution >= 4 is 24.3 Å². The zero-order valence-electron chi connectivity index (χ0n) is 24.0. The zero-order chi connectivity index (χ0) is 30.0. The van der Waals surface area contributed by atoms with Crippen molar-refractivity contribution < 1.29 is 22.8 Å². The molecule has 3 amide bonds. The number of amides is 3. The summed E-state index contributed by atoms with van der Waals surface area (Å²) in [6.07, 6.45) is -1.47. The molecule has 2 aromatic carbocycles. The van der Waals surface area contributed by atoms with Crippen LogP contribution in [0.4, 0.5) is 23.7 Å². The molecule has 4 rings (SSSR count). The quantitative estimate of drug-likeness (QED) is 0.220. The van der Waals surface area contributed by atoms with Gasteiger partial charge in [0, 0.05) is 24.5 Å². The predicted molar refractivity (Wildman–Crippen MR) is 153 cm³/mol. The summed E-state index contributed by atoms with van der Waals surface area (Å²) in [6.45, 7) is 10.8. The van der Waals surface area contributed by atoms with Gasteiger partial charge in [0.25, 0.3) is 5.91 Å². The molecule has 1 unspecified atom stereocenters. The van der Waals surface area contributed by atoms with Gasteiger partial charge in [-0.25, -0.2) is 4.79 Å². The Hall–Kier alpha value is -3.60. The van der Waals surface area contributed by atoms with E-state index in [1.165, 1.54) is 12.1 Å². The summed E-state index contributed by atoms with van der Waals surface area (Å²) < 4.78 is 39.5. The molecule has 1 aliphatic carbocycles. The Morgan fingerprint density at radius 3 is 2.20 bits per heavy atom. The molecule has 1 aliphatic heterocycles.